The summed E-state index contributed by atoms with van der Waals surface area (Å²) < 4.78 is 0. The lowest BCUT2D eigenvalue weighted by Gasteiger charge is -2.32. The number of nitrogens with zero attached hydrogens (tertiary/aromatic N) is 1. The van der Waals surface area contributed by atoms with Gasteiger partial charge in [0.05, 0.1) is 0 Å². The van der Waals surface area contributed by atoms with Crippen molar-refractivity contribution in [2.45, 2.75) is 38.6 Å². The molecule has 1 unspecified atom stereocenters. The molecule has 0 spiro atoms. The Morgan fingerprint density at radius 2 is 2.11 bits per heavy atom. The fraction of sp³-hybridized carbons (Fsp3) is 0.692. The van der Waals surface area contributed by atoms with Crippen LogP contribution in [-0.4, -0.2) is 41.1 Å². The first-order valence-electron chi connectivity index (χ1n) is 6.42. The molecule has 2 N–H and O–H groups in total. The number of amides is 2. The number of aliphatic carboxylic acids is 1. The van der Waals surface area contributed by atoms with E-state index in [9.17, 15) is 9.59 Å². The van der Waals surface area contributed by atoms with Gasteiger partial charge in [-0.3, -0.25) is 4.79 Å². The summed E-state index contributed by atoms with van der Waals surface area (Å²) >= 11 is 0. The summed E-state index contributed by atoms with van der Waals surface area (Å²) in [5, 5.41) is 11.5. The summed E-state index contributed by atoms with van der Waals surface area (Å²) in [4.78, 5) is 24.1. The number of piperidine rings is 1. The van der Waals surface area contributed by atoms with Crippen LogP contribution in [0.3, 0.4) is 0 Å². The van der Waals surface area contributed by atoms with Crippen molar-refractivity contribution >= 4 is 12.0 Å². The molecule has 102 valence electrons. The van der Waals surface area contributed by atoms with Crippen molar-refractivity contribution in [2.75, 3.05) is 13.1 Å². The molecule has 5 heteroatoms. The summed E-state index contributed by atoms with van der Waals surface area (Å²) in [6.45, 7) is 6.92. The van der Waals surface area contributed by atoms with E-state index in [1.165, 1.54) is 0 Å². The van der Waals surface area contributed by atoms with E-state index < -0.39 is 5.97 Å². The maximum atomic E-state index is 11.8. The van der Waals surface area contributed by atoms with E-state index in [1.807, 2.05) is 6.92 Å². The number of carboxylic acids is 1. The van der Waals surface area contributed by atoms with Crippen molar-refractivity contribution in [2.24, 2.45) is 5.92 Å². The number of urea groups is 1. The molecular weight excluding hydrogens is 232 g/mol. The van der Waals surface area contributed by atoms with Crippen LogP contribution >= 0.6 is 0 Å². The molecule has 0 aromatic rings. The van der Waals surface area contributed by atoms with Crippen molar-refractivity contribution in [1.82, 2.24) is 10.2 Å². The van der Waals surface area contributed by atoms with Crippen molar-refractivity contribution in [3.8, 4) is 0 Å². The van der Waals surface area contributed by atoms with Crippen molar-refractivity contribution in [3.05, 3.63) is 12.7 Å². The highest BCUT2D eigenvalue weighted by atomic mass is 16.4. The fourth-order valence-corrected chi connectivity index (χ4v) is 2.10. The Morgan fingerprint density at radius 1 is 1.50 bits per heavy atom. The van der Waals surface area contributed by atoms with Crippen LogP contribution in [0.5, 0.6) is 0 Å². The predicted octanol–water partition coefficient (Wildman–Crippen LogP) is 1.85. The first-order valence-corrected chi connectivity index (χ1v) is 6.42. The van der Waals surface area contributed by atoms with Gasteiger partial charge in [-0.15, -0.1) is 6.58 Å². The Morgan fingerprint density at radius 3 is 2.61 bits per heavy atom. The largest absolute Gasteiger partial charge is 0.481 e. The molecule has 2 amide bonds. The standard InChI is InChI=1S/C13H22N2O3/c1-3-10(2)14-13(18)15-8-6-11(7-9-15)4-5-12(16)17/h3,10-11H,1,4-9H2,2H3,(H,14,18)(H,16,17). The van der Waals surface area contributed by atoms with Gasteiger partial charge in [-0.1, -0.05) is 6.08 Å². The Kier molecular flexibility index (Phi) is 5.68. The van der Waals surface area contributed by atoms with E-state index in [0.29, 0.717) is 25.4 Å². The Labute approximate surface area is 108 Å². The lowest BCUT2D eigenvalue weighted by molar-refractivity contribution is -0.137. The Bertz CT molecular complexity index is 309. The monoisotopic (exact) mass is 254 g/mol. The van der Waals surface area contributed by atoms with Crippen molar-refractivity contribution < 1.29 is 14.7 Å². The van der Waals surface area contributed by atoms with Gasteiger partial charge in [0.15, 0.2) is 0 Å². The summed E-state index contributed by atoms with van der Waals surface area (Å²) in [5.41, 5.74) is 0. The molecule has 5 nitrogen and oxygen atoms in total. The van der Waals surface area contributed by atoms with Gasteiger partial charge in [0.25, 0.3) is 0 Å². The number of carbonyl (C=O) groups excluding carboxylic acids is 1. The minimum atomic E-state index is -0.741. The summed E-state index contributed by atoms with van der Waals surface area (Å²) in [5.74, 6) is -0.308. The van der Waals surface area contributed by atoms with Gasteiger partial charge >= 0.3 is 12.0 Å². The maximum Gasteiger partial charge on any atom is 0.317 e. The zero-order valence-electron chi connectivity index (χ0n) is 10.9. The molecule has 0 saturated carbocycles. The first-order chi connectivity index (χ1) is 8.52. The molecule has 0 aliphatic carbocycles. The number of hydrogen-bond acceptors (Lipinski definition) is 2. The molecule has 1 heterocycles. The van der Waals surface area contributed by atoms with Crippen LogP contribution in [0.15, 0.2) is 12.7 Å². The molecule has 0 radical (unpaired) electrons. The number of hydrogen-bond donors (Lipinski definition) is 2. The van der Waals surface area contributed by atoms with Gasteiger partial charge in [-0.25, -0.2) is 4.79 Å². The summed E-state index contributed by atoms with van der Waals surface area (Å²) in [6, 6.07) is -0.0821. The summed E-state index contributed by atoms with van der Waals surface area (Å²) in [7, 11) is 0. The zero-order chi connectivity index (χ0) is 13.5. The molecule has 0 aromatic heterocycles. The van der Waals surface area contributed by atoms with Gasteiger partial charge in [-0.05, 0) is 32.1 Å². The zero-order valence-corrected chi connectivity index (χ0v) is 10.9. The van der Waals surface area contributed by atoms with Crippen LogP contribution in [0.4, 0.5) is 4.79 Å². The molecule has 18 heavy (non-hydrogen) atoms. The Hall–Kier alpha value is -1.52. The second-order valence-electron chi connectivity index (χ2n) is 4.84. The van der Waals surface area contributed by atoms with Gasteiger partial charge < -0.3 is 15.3 Å². The highest BCUT2D eigenvalue weighted by molar-refractivity contribution is 5.74. The SMILES string of the molecule is C=CC(C)NC(=O)N1CCC(CCC(=O)O)CC1. The van der Waals surface area contributed by atoms with Crippen LogP contribution < -0.4 is 5.32 Å². The molecule has 1 aliphatic heterocycles. The lowest BCUT2D eigenvalue weighted by atomic mass is 9.92. The highest BCUT2D eigenvalue weighted by Gasteiger charge is 2.23. The number of carboxylic acid groups (broad SMARTS) is 1. The second-order valence-corrected chi connectivity index (χ2v) is 4.84. The maximum absolute atomic E-state index is 11.8. The smallest absolute Gasteiger partial charge is 0.317 e. The van der Waals surface area contributed by atoms with E-state index in [0.717, 1.165) is 12.8 Å². The third kappa shape index (κ3) is 4.77. The average Bonchev–Trinajstić information content (AvgIpc) is 2.36. The predicted molar refractivity (Wildman–Crippen MR) is 69.4 cm³/mol. The fourth-order valence-electron chi connectivity index (χ4n) is 2.10. The number of likely N-dealkylation sites (tertiary alicyclic amines) is 1. The van der Waals surface area contributed by atoms with E-state index in [1.54, 1.807) is 11.0 Å². The molecule has 1 aliphatic rings. The van der Waals surface area contributed by atoms with Gasteiger partial charge in [-0.2, -0.15) is 0 Å². The topological polar surface area (TPSA) is 69.6 Å². The van der Waals surface area contributed by atoms with Crippen molar-refractivity contribution in [3.63, 3.8) is 0 Å². The van der Waals surface area contributed by atoms with E-state index in [-0.39, 0.29) is 18.5 Å². The van der Waals surface area contributed by atoms with Crippen LogP contribution in [-0.2, 0) is 4.79 Å². The average molecular weight is 254 g/mol. The normalized spacial score (nSPS) is 18.2. The van der Waals surface area contributed by atoms with Crippen molar-refractivity contribution in [1.29, 1.82) is 0 Å². The third-order valence-corrected chi connectivity index (χ3v) is 3.37. The quantitative estimate of drug-likeness (QED) is 0.736. The molecule has 1 fully saturated rings. The minimum Gasteiger partial charge on any atom is -0.481 e. The Balaban J connectivity index is 2.28. The molecular formula is C13H22N2O3. The number of carbonyl (C=O) groups is 2. The van der Waals surface area contributed by atoms with Crippen LogP contribution in [0.1, 0.15) is 32.6 Å². The third-order valence-electron chi connectivity index (χ3n) is 3.37. The van der Waals surface area contributed by atoms with Gasteiger partial charge in [0.2, 0.25) is 0 Å². The van der Waals surface area contributed by atoms with Crippen LogP contribution in [0.25, 0.3) is 0 Å². The molecule has 1 rings (SSSR count). The molecule has 1 atom stereocenters. The second kappa shape index (κ2) is 7.03. The molecule has 0 aromatic carbocycles. The molecule has 1 saturated heterocycles. The minimum absolute atomic E-state index is 0.0257. The van der Waals surface area contributed by atoms with Crippen LogP contribution in [0.2, 0.25) is 0 Å². The first kappa shape index (κ1) is 14.5. The number of rotatable bonds is 5. The highest BCUT2D eigenvalue weighted by Crippen LogP contribution is 2.21. The van der Waals surface area contributed by atoms with Crippen LogP contribution in [0, 0.1) is 5.92 Å². The van der Waals surface area contributed by atoms with E-state index in [2.05, 4.69) is 11.9 Å². The van der Waals surface area contributed by atoms with Gasteiger partial charge in [0.1, 0.15) is 0 Å². The summed E-state index contributed by atoms with van der Waals surface area (Å²) in [6.07, 6.45) is 4.42. The van der Waals surface area contributed by atoms with E-state index in [4.69, 9.17) is 5.11 Å². The van der Waals surface area contributed by atoms with E-state index >= 15 is 0 Å². The van der Waals surface area contributed by atoms with Gasteiger partial charge in [0, 0.05) is 25.6 Å². The number of nitrogens with one attached hydrogen (secondary N) is 1. The molecule has 0 bridgehead atoms. The lowest BCUT2D eigenvalue weighted by Crippen LogP contribution is -2.46.